The van der Waals surface area contributed by atoms with E-state index in [9.17, 15) is 9.90 Å². The van der Waals surface area contributed by atoms with Gasteiger partial charge >= 0.3 is 0 Å². The molecule has 4 heteroatoms. The maximum Gasteiger partial charge on any atom is 0.288 e. The molecule has 0 aliphatic rings. The summed E-state index contributed by atoms with van der Waals surface area (Å²) in [5.41, 5.74) is 6.39. The first kappa shape index (κ1) is 8.62. The molecule has 0 saturated heterocycles. The second-order valence-electron chi connectivity index (χ2n) is 3.10. The van der Waals surface area contributed by atoms with Crippen molar-refractivity contribution in [2.45, 2.75) is 6.92 Å². The van der Waals surface area contributed by atoms with Crippen LogP contribution in [0, 0.1) is 6.92 Å². The number of aryl methyl sites for hydroxylation is 1. The van der Waals surface area contributed by atoms with E-state index < -0.39 is 5.91 Å². The van der Waals surface area contributed by atoms with Crippen LogP contribution in [0.3, 0.4) is 0 Å². The Morgan fingerprint density at radius 1 is 1.50 bits per heavy atom. The molecule has 2 aromatic rings. The lowest BCUT2D eigenvalue weighted by atomic mass is 10.1. The summed E-state index contributed by atoms with van der Waals surface area (Å²) in [5, 5.41) is 10.1. The zero-order valence-corrected chi connectivity index (χ0v) is 7.57. The van der Waals surface area contributed by atoms with Crippen LogP contribution >= 0.6 is 0 Å². The molecule has 4 nitrogen and oxygen atoms in total. The minimum Gasteiger partial charge on any atom is -0.504 e. The third-order valence-corrected chi connectivity index (χ3v) is 2.11. The van der Waals surface area contributed by atoms with Gasteiger partial charge in [0.2, 0.25) is 5.76 Å². The molecule has 0 unspecified atom stereocenters. The number of para-hydroxylation sites is 1. The Kier molecular flexibility index (Phi) is 1.70. The van der Waals surface area contributed by atoms with Gasteiger partial charge in [0.25, 0.3) is 5.91 Å². The van der Waals surface area contributed by atoms with Crippen molar-refractivity contribution in [1.82, 2.24) is 0 Å². The molecule has 0 aliphatic heterocycles. The lowest BCUT2D eigenvalue weighted by molar-refractivity contribution is 0.0972. The third-order valence-electron chi connectivity index (χ3n) is 2.11. The molecule has 0 atom stereocenters. The SMILES string of the molecule is Cc1cccc2c(O)c(C(N)=O)oc12. The molecule has 14 heavy (non-hydrogen) atoms. The molecule has 72 valence electrons. The molecule has 0 fully saturated rings. The lowest BCUT2D eigenvalue weighted by Crippen LogP contribution is -2.09. The number of hydrogen-bond donors (Lipinski definition) is 2. The number of nitrogens with two attached hydrogens (primary N) is 1. The zero-order chi connectivity index (χ0) is 10.3. The maximum atomic E-state index is 10.9. The smallest absolute Gasteiger partial charge is 0.288 e. The highest BCUT2D eigenvalue weighted by atomic mass is 16.4. The third kappa shape index (κ3) is 1.04. The molecule has 3 N–H and O–H groups in total. The predicted molar refractivity (Wildman–Crippen MR) is 51.1 cm³/mol. The van der Waals surface area contributed by atoms with Crippen molar-refractivity contribution >= 4 is 16.9 Å². The monoisotopic (exact) mass is 191 g/mol. The van der Waals surface area contributed by atoms with Crippen LogP contribution in [0.25, 0.3) is 11.0 Å². The molecular weight excluding hydrogens is 182 g/mol. The fraction of sp³-hybridized carbons (Fsp3) is 0.100. The molecule has 0 spiro atoms. The molecular formula is C10H9NO3. The molecule has 1 heterocycles. The average Bonchev–Trinajstić information content (AvgIpc) is 2.46. The van der Waals surface area contributed by atoms with Gasteiger partial charge in [0.05, 0.1) is 5.39 Å². The number of carbonyl (C=O) groups excluding carboxylic acids is 1. The fourth-order valence-corrected chi connectivity index (χ4v) is 1.41. The Hall–Kier alpha value is -1.97. The molecule has 2 rings (SSSR count). The molecule has 0 radical (unpaired) electrons. The van der Waals surface area contributed by atoms with Crippen molar-refractivity contribution in [3.63, 3.8) is 0 Å². The van der Waals surface area contributed by atoms with Crippen molar-refractivity contribution in [2.24, 2.45) is 5.73 Å². The zero-order valence-electron chi connectivity index (χ0n) is 7.57. The van der Waals surface area contributed by atoms with Crippen LogP contribution in [-0.4, -0.2) is 11.0 Å². The normalized spacial score (nSPS) is 10.6. The Bertz CT molecular complexity index is 513. The van der Waals surface area contributed by atoms with Gasteiger partial charge in [-0.25, -0.2) is 0 Å². The van der Waals surface area contributed by atoms with Crippen LogP contribution in [0.4, 0.5) is 0 Å². The van der Waals surface area contributed by atoms with E-state index in [4.69, 9.17) is 10.2 Å². The number of benzene rings is 1. The molecule has 1 aromatic carbocycles. The highest BCUT2D eigenvalue weighted by Crippen LogP contribution is 2.33. The highest BCUT2D eigenvalue weighted by molar-refractivity contribution is 6.00. The van der Waals surface area contributed by atoms with Crippen LogP contribution in [0.1, 0.15) is 16.1 Å². The maximum absolute atomic E-state index is 10.9. The Morgan fingerprint density at radius 3 is 2.79 bits per heavy atom. The van der Waals surface area contributed by atoms with Crippen LogP contribution in [0.5, 0.6) is 5.75 Å². The van der Waals surface area contributed by atoms with E-state index in [2.05, 4.69) is 0 Å². The van der Waals surface area contributed by atoms with Crippen LogP contribution in [-0.2, 0) is 0 Å². The molecule has 0 aliphatic carbocycles. The van der Waals surface area contributed by atoms with E-state index >= 15 is 0 Å². The van der Waals surface area contributed by atoms with Crippen molar-refractivity contribution < 1.29 is 14.3 Å². The molecule has 0 bridgehead atoms. The predicted octanol–water partition coefficient (Wildman–Crippen LogP) is 1.55. The van der Waals surface area contributed by atoms with Crippen LogP contribution in [0.15, 0.2) is 22.6 Å². The first-order valence-electron chi connectivity index (χ1n) is 4.12. The summed E-state index contributed by atoms with van der Waals surface area (Å²) < 4.78 is 5.17. The van der Waals surface area contributed by atoms with Gasteiger partial charge in [0.15, 0.2) is 5.75 Å². The minimum atomic E-state index is -0.766. The second-order valence-corrected chi connectivity index (χ2v) is 3.10. The van der Waals surface area contributed by atoms with Gasteiger partial charge in [-0.3, -0.25) is 4.79 Å². The van der Waals surface area contributed by atoms with Crippen LogP contribution in [0.2, 0.25) is 0 Å². The van der Waals surface area contributed by atoms with E-state index in [1.165, 1.54) is 0 Å². The number of primary amides is 1. The largest absolute Gasteiger partial charge is 0.504 e. The molecule has 1 aromatic heterocycles. The van der Waals surface area contributed by atoms with Gasteiger partial charge in [-0.05, 0) is 18.6 Å². The minimum absolute atomic E-state index is 0.184. The fourth-order valence-electron chi connectivity index (χ4n) is 1.41. The van der Waals surface area contributed by atoms with E-state index in [-0.39, 0.29) is 11.5 Å². The number of carbonyl (C=O) groups is 1. The van der Waals surface area contributed by atoms with Crippen molar-refractivity contribution in [3.05, 3.63) is 29.5 Å². The Balaban J connectivity index is 2.86. The van der Waals surface area contributed by atoms with Gasteiger partial charge in [0.1, 0.15) is 5.58 Å². The number of aromatic hydroxyl groups is 1. The molecule has 1 amide bonds. The van der Waals surface area contributed by atoms with Crippen LogP contribution < -0.4 is 5.73 Å². The Morgan fingerprint density at radius 2 is 2.21 bits per heavy atom. The summed E-state index contributed by atoms with van der Waals surface area (Å²) in [6.45, 7) is 1.83. The van der Waals surface area contributed by atoms with E-state index in [0.717, 1.165) is 5.56 Å². The van der Waals surface area contributed by atoms with E-state index in [1.54, 1.807) is 12.1 Å². The summed E-state index contributed by atoms with van der Waals surface area (Å²) in [5.74, 6) is -1.14. The number of hydrogen-bond acceptors (Lipinski definition) is 3. The molecule has 0 saturated carbocycles. The van der Waals surface area contributed by atoms with Gasteiger partial charge in [0, 0.05) is 0 Å². The van der Waals surface area contributed by atoms with E-state index in [0.29, 0.717) is 11.0 Å². The summed E-state index contributed by atoms with van der Waals surface area (Å²) >= 11 is 0. The second kappa shape index (κ2) is 2.77. The number of amides is 1. The standard InChI is InChI=1S/C10H9NO3/c1-5-3-2-4-6-7(12)9(10(11)13)14-8(5)6/h2-4,12H,1H3,(H2,11,13). The van der Waals surface area contributed by atoms with Gasteiger partial charge in [-0.1, -0.05) is 12.1 Å². The van der Waals surface area contributed by atoms with Crippen molar-refractivity contribution in [2.75, 3.05) is 0 Å². The van der Waals surface area contributed by atoms with Gasteiger partial charge in [-0.2, -0.15) is 0 Å². The van der Waals surface area contributed by atoms with Crippen molar-refractivity contribution in [1.29, 1.82) is 0 Å². The summed E-state index contributed by atoms with van der Waals surface area (Å²) in [6.07, 6.45) is 0. The first-order valence-corrected chi connectivity index (χ1v) is 4.12. The summed E-state index contributed by atoms with van der Waals surface area (Å²) in [7, 11) is 0. The number of furan rings is 1. The van der Waals surface area contributed by atoms with Gasteiger partial charge < -0.3 is 15.3 Å². The van der Waals surface area contributed by atoms with E-state index in [1.807, 2.05) is 13.0 Å². The average molecular weight is 191 g/mol. The topological polar surface area (TPSA) is 76.5 Å². The summed E-state index contributed by atoms with van der Waals surface area (Å²) in [4.78, 5) is 10.9. The first-order chi connectivity index (χ1) is 6.61. The Labute approximate surface area is 79.9 Å². The number of fused-ring (bicyclic) bond motifs is 1. The van der Waals surface area contributed by atoms with Gasteiger partial charge in [-0.15, -0.1) is 0 Å². The quantitative estimate of drug-likeness (QED) is 0.717. The summed E-state index contributed by atoms with van der Waals surface area (Å²) in [6, 6.07) is 5.28. The number of rotatable bonds is 1. The van der Waals surface area contributed by atoms with Crippen molar-refractivity contribution in [3.8, 4) is 5.75 Å². The lowest BCUT2D eigenvalue weighted by Gasteiger charge is -1.91. The highest BCUT2D eigenvalue weighted by Gasteiger charge is 2.18.